The van der Waals surface area contributed by atoms with E-state index in [0.717, 1.165) is 0 Å². The zero-order valence-corrected chi connectivity index (χ0v) is 9.89. The minimum atomic E-state index is -0.187. The average Bonchev–Trinajstić information content (AvgIpc) is 2.10. The van der Waals surface area contributed by atoms with E-state index in [2.05, 4.69) is 16.0 Å². The Hall–Kier alpha value is -0.520. The molecule has 14 heavy (non-hydrogen) atoms. The molecule has 5 nitrogen and oxygen atoms in total. The van der Waals surface area contributed by atoms with Gasteiger partial charge in [-0.1, -0.05) is 0 Å². The maximum absolute atomic E-state index is 10.9. The van der Waals surface area contributed by atoms with Crippen molar-refractivity contribution in [1.82, 2.24) is 16.0 Å². The topological polar surface area (TPSA) is 70.2 Å². The molecule has 0 aromatic carbocycles. The van der Waals surface area contributed by atoms with Crippen molar-refractivity contribution in [3.05, 3.63) is 0 Å². The predicted molar refractivity (Wildman–Crippen MR) is 60.1 cm³/mol. The van der Waals surface area contributed by atoms with Crippen molar-refractivity contribution in [2.75, 3.05) is 27.2 Å². The first-order chi connectivity index (χ1) is 5.70. The van der Waals surface area contributed by atoms with E-state index >= 15 is 0 Å². The van der Waals surface area contributed by atoms with Gasteiger partial charge in [0.25, 0.3) is 0 Å². The van der Waals surface area contributed by atoms with Gasteiger partial charge in [-0.05, 0) is 7.05 Å². The van der Waals surface area contributed by atoms with Crippen molar-refractivity contribution in [3.63, 3.8) is 0 Å². The fourth-order valence-corrected chi connectivity index (χ4v) is 0.594. The summed E-state index contributed by atoms with van der Waals surface area (Å²) in [5.74, 6) is -0.305. The van der Waals surface area contributed by atoms with Gasteiger partial charge in [0.05, 0.1) is 6.54 Å². The summed E-state index contributed by atoms with van der Waals surface area (Å²) < 4.78 is 0. The maximum atomic E-state index is 10.9. The largest absolute Gasteiger partial charge is 0.358 e. The Morgan fingerprint density at radius 3 is 2.07 bits per heavy atom. The third kappa shape index (κ3) is 11.5. The molecule has 0 rings (SSSR count). The van der Waals surface area contributed by atoms with E-state index in [4.69, 9.17) is 0 Å². The minimum absolute atomic E-state index is 0. The van der Waals surface area contributed by atoms with E-state index in [0.29, 0.717) is 13.0 Å². The van der Waals surface area contributed by atoms with E-state index in [9.17, 15) is 9.59 Å². The molecule has 0 aliphatic rings. The number of nitrogens with one attached hydrogen (secondary N) is 3. The van der Waals surface area contributed by atoms with Crippen LogP contribution >= 0.6 is 24.8 Å². The summed E-state index contributed by atoms with van der Waals surface area (Å²) in [4.78, 5) is 21.5. The van der Waals surface area contributed by atoms with Crippen molar-refractivity contribution < 1.29 is 9.59 Å². The third-order valence-electron chi connectivity index (χ3n) is 1.33. The van der Waals surface area contributed by atoms with Crippen LogP contribution in [0, 0.1) is 0 Å². The number of carbonyl (C=O) groups is 2. The molecular formula is C7H17Cl2N3O2. The van der Waals surface area contributed by atoms with Crippen molar-refractivity contribution in [2.45, 2.75) is 6.42 Å². The molecule has 0 heterocycles. The van der Waals surface area contributed by atoms with Crippen LogP contribution in [0.1, 0.15) is 6.42 Å². The van der Waals surface area contributed by atoms with Crippen molar-refractivity contribution in [1.29, 1.82) is 0 Å². The predicted octanol–water partition coefficient (Wildman–Crippen LogP) is -0.698. The first kappa shape index (κ1) is 19.1. The summed E-state index contributed by atoms with van der Waals surface area (Å²) in [6.45, 7) is 0.679. The number of hydrogen-bond donors (Lipinski definition) is 3. The Morgan fingerprint density at radius 1 is 1.07 bits per heavy atom. The average molecular weight is 246 g/mol. The van der Waals surface area contributed by atoms with Gasteiger partial charge in [-0.2, -0.15) is 0 Å². The Bertz CT molecular complexity index is 167. The van der Waals surface area contributed by atoms with Crippen molar-refractivity contribution in [2.24, 2.45) is 0 Å². The second-order valence-electron chi connectivity index (χ2n) is 2.30. The fraction of sp³-hybridized carbons (Fsp3) is 0.714. The molecule has 3 N–H and O–H groups in total. The summed E-state index contributed by atoms with van der Waals surface area (Å²) in [6.07, 6.45) is 0.396. The zero-order valence-electron chi connectivity index (χ0n) is 8.25. The summed E-state index contributed by atoms with van der Waals surface area (Å²) in [5, 5.41) is 7.72. The summed E-state index contributed by atoms with van der Waals surface area (Å²) >= 11 is 0. The quantitative estimate of drug-likeness (QED) is 0.601. The zero-order chi connectivity index (χ0) is 9.40. The standard InChI is InChI=1S/C7H15N3O2.2ClH/c1-8-4-3-6(11)10-5-7(12)9-2;;/h8H,3-5H2,1-2H3,(H,9,12)(H,10,11);2*1H. The number of halogens is 2. The van der Waals surface area contributed by atoms with Crippen LogP contribution in [0.5, 0.6) is 0 Å². The van der Waals surface area contributed by atoms with Crippen LogP contribution in [0.15, 0.2) is 0 Å². The molecule has 86 valence electrons. The number of amides is 2. The summed E-state index contributed by atoms with van der Waals surface area (Å²) in [5.41, 5.74) is 0. The molecule has 0 fully saturated rings. The highest BCUT2D eigenvalue weighted by molar-refractivity contribution is 5.85. The molecule has 0 saturated carbocycles. The van der Waals surface area contributed by atoms with Gasteiger partial charge in [-0.3, -0.25) is 9.59 Å². The molecule has 0 aromatic heterocycles. The minimum Gasteiger partial charge on any atom is -0.358 e. The lowest BCUT2D eigenvalue weighted by atomic mass is 10.4. The molecule has 0 atom stereocenters. The lowest BCUT2D eigenvalue weighted by molar-refractivity contribution is -0.125. The van der Waals surface area contributed by atoms with Crippen LogP contribution in [0.2, 0.25) is 0 Å². The van der Waals surface area contributed by atoms with Gasteiger partial charge in [-0.25, -0.2) is 0 Å². The van der Waals surface area contributed by atoms with Crippen molar-refractivity contribution in [3.8, 4) is 0 Å². The van der Waals surface area contributed by atoms with Crippen LogP contribution in [0.3, 0.4) is 0 Å². The normalized spacial score (nSPS) is 7.86. The lowest BCUT2D eigenvalue weighted by Crippen LogP contribution is -2.36. The highest BCUT2D eigenvalue weighted by Gasteiger charge is 2.01. The lowest BCUT2D eigenvalue weighted by Gasteiger charge is -2.02. The first-order valence-corrected chi connectivity index (χ1v) is 3.82. The van der Waals surface area contributed by atoms with Crippen LogP contribution < -0.4 is 16.0 Å². The monoisotopic (exact) mass is 245 g/mol. The van der Waals surface area contributed by atoms with Crippen molar-refractivity contribution >= 4 is 36.6 Å². The molecular weight excluding hydrogens is 229 g/mol. The second kappa shape index (κ2) is 12.5. The number of likely N-dealkylation sites (N-methyl/N-ethyl adjacent to an activating group) is 1. The summed E-state index contributed by atoms with van der Waals surface area (Å²) in [7, 11) is 3.30. The number of carbonyl (C=O) groups excluding carboxylic acids is 2. The van der Waals surface area contributed by atoms with Crippen LogP contribution in [0.4, 0.5) is 0 Å². The van der Waals surface area contributed by atoms with Gasteiger partial charge in [0.15, 0.2) is 0 Å². The van der Waals surface area contributed by atoms with Crippen LogP contribution in [-0.4, -0.2) is 39.0 Å². The Morgan fingerprint density at radius 2 is 1.64 bits per heavy atom. The Labute approximate surface area is 96.2 Å². The molecule has 2 amide bonds. The van der Waals surface area contributed by atoms with E-state index in [1.807, 2.05) is 0 Å². The molecule has 0 saturated heterocycles. The number of rotatable bonds is 5. The van der Waals surface area contributed by atoms with Gasteiger partial charge < -0.3 is 16.0 Å². The van der Waals surface area contributed by atoms with E-state index < -0.39 is 0 Å². The SMILES string of the molecule is CNCCC(=O)NCC(=O)NC.Cl.Cl. The molecule has 0 aromatic rings. The van der Waals surface area contributed by atoms with E-state index in [1.54, 1.807) is 7.05 Å². The van der Waals surface area contributed by atoms with Crippen LogP contribution in [0.25, 0.3) is 0 Å². The molecule has 0 bridgehead atoms. The third-order valence-corrected chi connectivity index (χ3v) is 1.33. The first-order valence-electron chi connectivity index (χ1n) is 3.82. The molecule has 0 spiro atoms. The smallest absolute Gasteiger partial charge is 0.239 e. The second-order valence-corrected chi connectivity index (χ2v) is 2.30. The Kier molecular flexibility index (Phi) is 17.0. The highest BCUT2D eigenvalue weighted by Crippen LogP contribution is 1.75. The molecule has 0 aliphatic heterocycles. The van der Waals surface area contributed by atoms with Crippen LogP contribution in [-0.2, 0) is 9.59 Å². The van der Waals surface area contributed by atoms with Gasteiger partial charge in [-0.15, -0.1) is 24.8 Å². The number of hydrogen-bond acceptors (Lipinski definition) is 3. The van der Waals surface area contributed by atoms with Gasteiger partial charge in [0, 0.05) is 20.0 Å². The van der Waals surface area contributed by atoms with Gasteiger partial charge in [0.1, 0.15) is 0 Å². The molecule has 0 unspecified atom stereocenters. The van der Waals surface area contributed by atoms with Gasteiger partial charge >= 0.3 is 0 Å². The highest BCUT2D eigenvalue weighted by atomic mass is 35.5. The van der Waals surface area contributed by atoms with E-state index in [-0.39, 0.29) is 43.2 Å². The van der Waals surface area contributed by atoms with E-state index in [1.165, 1.54) is 7.05 Å². The Balaban J connectivity index is -0.000000605. The maximum Gasteiger partial charge on any atom is 0.239 e. The molecule has 0 radical (unpaired) electrons. The summed E-state index contributed by atoms with van der Waals surface area (Å²) in [6, 6.07) is 0. The molecule has 0 aliphatic carbocycles. The van der Waals surface area contributed by atoms with Gasteiger partial charge in [0.2, 0.25) is 11.8 Å². The fourth-order valence-electron chi connectivity index (χ4n) is 0.594. The molecule has 7 heteroatoms.